The monoisotopic (exact) mass is 176 g/mol. The quantitative estimate of drug-likeness (QED) is 0.631. The molecule has 0 heterocycles. The summed E-state index contributed by atoms with van der Waals surface area (Å²) >= 11 is 1.84. The Kier molecular flexibility index (Phi) is 6.42. The smallest absolute Gasteiger partial charge is 0.306 e. The van der Waals surface area contributed by atoms with Crippen molar-refractivity contribution in [2.45, 2.75) is 26.7 Å². The molecule has 3 heteroatoms. The molecule has 66 valence electrons. The zero-order chi connectivity index (χ0) is 8.69. The number of aliphatic carboxylic acids is 1. The molecule has 0 aliphatic carbocycles. The van der Waals surface area contributed by atoms with E-state index in [0.29, 0.717) is 0 Å². The summed E-state index contributed by atoms with van der Waals surface area (Å²) in [5, 5.41) is 8.53. The van der Waals surface area contributed by atoms with E-state index in [1.165, 1.54) is 6.42 Å². The second-order valence-electron chi connectivity index (χ2n) is 2.64. The zero-order valence-corrected chi connectivity index (χ0v) is 7.99. The lowest BCUT2D eigenvalue weighted by Gasteiger charge is -2.03. The van der Waals surface area contributed by atoms with Crippen molar-refractivity contribution in [3.8, 4) is 0 Å². The van der Waals surface area contributed by atoms with Gasteiger partial charge in [-0.2, -0.15) is 11.8 Å². The van der Waals surface area contributed by atoms with E-state index in [4.69, 9.17) is 5.11 Å². The number of rotatable bonds is 6. The van der Waals surface area contributed by atoms with Crippen LogP contribution in [0.3, 0.4) is 0 Å². The summed E-state index contributed by atoms with van der Waals surface area (Å²) < 4.78 is 0. The van der Waals surface area contributed by atoms with Crippen LogP contribution in [0.25, 0.3) is 0 Å². The van der Waals surface area contributed by atoms with Crippen molar-refractivity contribution in [1.29, 1.82) is 0 Å². The van der Waals surface area contributed by atoms with Crippen LogP contribution in [0.2, 0.25) is 0 Å². The Labute approximate surface area is 72.4 Å². The van der Waals surface area contributed by atoms with Crippen molar-refractivity contribution in [2.24, 2.45) is 5.92 Å². The molecule has 11 heavy (non-hydrogen) atoms. The van der Waals surface area contributed by atoms with Gasteiger partial charge in [-0.25, -0.2) is 0 Å². The molecule has 0 aromatic heterocycles. The third-order valence-electron chi connectivity index (χ3n) is 1.47. The highest BCUT2D eigenvalue weighted by molar-refractivity contribution is 7.99. The maximum absolute atomic E-state index is 10.4. The second-order valence-corrected chi connectivity index (χ2v) is 3.87. The predicted molar refractivity (Wildman–Crippen MR) is 49.0 cm³/mol. The van der Waals surface area contributed by atoms with Gasteiger partial charge >= 0.3 is 5.97 Å². The van der Waals surface area contributed by atoms with Crippen molar-refractivity contribution < 1.29 is 9.90 Å². The van der Waals surface area contributed by atoms with Crippen LogP contribution in [0.15, 0.2) is 0 Å². The lowest BCUT2D eigenvalue weighted by atomic mass is 10.1. The van der Waals surface area contributed by atoms with Crippen molar-refractivity contribution in [1.82, 2.24) is 0 Å². The van der Waals surface area contributed by atoms with Gasteiger partial charge in [0.25, 0.3) is 0 Å². The van der Waals surface area contributed by atoms with Crippen LogP contribution in [-0.4, -0.2) is 22.6 Å². The van der Waals surface area contributed by atoms with E-state index >= 15 is 0 Å². The van der Waals surface area contributed by atoms with E-state index < -0.39 is 5.97 Å². The Bertz CT molecular complexity index is 115. The van der Waals surface area contributed by atoms with Gasteiger partial charge in [-0.1, -0.05) is 13.8 Å². The molecule has 0 aromatic rings. The van der Waals surface area contributed by atoms with Gasteiger partial charge in [0.1, 0.15) is 0 Å². The molecule has 1 atom stereocenters. The van der Waals surface area contributed by atoms with Gasteiger partial charge in [-0.05, 0) is 24.3 Å². The molecule has 0 saturated carbocycles. The fourth-order valence-corrected chi connectivity index (χ4v) is 1.64. The van der Waals surface area contributed by atoms with Gasteiger partial charge in [0.05, 0.1) is 5.92 Å². The SMILES string of the molecule is CCCSCCC(C)C(=O)O. The lowest BCUT2D eigenvalue weighted by molar-refractivity contribution is -0.141. The first-order chi connectivity index (χ1) is 5.18. The summed E-state index contributed by atoms with van der Waals surface area (Å²) in [4.78, 5) is 10.4. The molecule has 0 aromatic carbocycles. The third kappa shape index (κ3) is 6.23. The van der Waals surface area contributed by atoms with Gasteiger partial charge < -0.3 is 5.11 Å². The van der Waals surface area contributed by atoms with Gasteiger partial charge in [0, 0.05) is 0 Å². The highest BCUT2D eigenvalue weighted by Gasteiger charge is 2.09. The van der Waals surface area contributed by atoms with E-state index in [-0.39, 0.29) is 5.92 Å². The van der Waals surface area contributed by atoms with Gasteiger partial charge in [-0.15, -0.1) is 0 Å². The van der Waals surface area contributed by atoms with Crippen molar-refractivity contribution >= 4 is 17.7 Å². The highest BCUT2D eigenvalue weighted by atomic mass is 32.2. The normalized spacial score (nSPS) is 12.9. The average molecular weight is 176 g/mol. The Morgan fingerprint density at radius 3 is 2.64 bits per heavy atom. The summed E-state index contributed by atoms with van der Waals surface area (Å²) in [7, 11) is 0. The molecule has 1 N–H and O–H groups in total. The van der Waals surface area contributed by atoms with Crippen LogP contribution in [0.4, 0.5) is 0 Å². The Morgan fingerprint density at radius 2 is 2.18 bits per heavy atom. The summed E-state index contributed by atoms with van der Waals surface area (Å²) in [6, 6.07) is 0. The van der Waals surface area contributed by atoms with Gasteiger partial charge in [0.2, 0.25) is 0 Å². The second kappa shape index (κ2) is 6.53. The third-order valence-corrected chi connectivity index (χ3v) is 2.69. The minimum absolute atomic E-state index is 0.181. The number of carbonyl (C=O) groups is 1. The largest absolute Gasteiger partial charge is 0.481 e. The maximum Gasteiger partial charge on any atom is 0.306 e. The Balaban J connectivity index is 3.17. The number of carboxylic acid groups (broad SMARTS) is 1. The first kappa shape index (κ1) is 10.8. The van der Waals surface area contributed by atoms with Crippen LogP contribution in [0, 0.1) is 5.92 Å². The molecule has 0 saturated heterocycles. The molecular weight excluding hydrogens is 160 g/mol. The molecule has 0 spiro atoms. The lowest BCUT2D eigenvalue weighted by Crippen LogP contribution is -2.10. The van der Waals surface area contributed by atoms with E-state index in [0.717, 1.165) is 17.9 Å². The molecule has 0 rings (SSSR count). The summed E-state index contributed by atoms with van der Waals surface area (Å²) in [5.74, 6) is 1.26. The van der Waals surface area contributed by atoms with E-state index in [1.807, 2.05) is 11.8 Å². The molecule has 0 bridgehead atoms. The molecule has 0 fully saturated rings. The van der Waals surface area contributed by atoms with Crippen LogP contribution in [0.1, 0.15) is 26.7 Å². The molecule has 2 nitrogen and oxygen atoms in total. The number of hydrogen-bond acceptors (Lipinski definition) is 2. The number of hydrogen-bond donors (Lipinski definition) is 1. The minimum atomic E-state index is -0.679. The van der Waals surface area contributed by atoms with Crippen LogP contribution >= 0.6 is 11.8 Å². The minimum Gasteiger partial charge on any atom is -0.481 e. The van der Waals surface area contributed by atoms with Gasteiger partial charge in [-0.3, -0.25) is 4.79 Å². The van der Waals surface area contributed by atoms with E-state index in [9.17, 15) is 4.79 Å². The molecule has 1 unspecified atom stereocenters. The summed E-state index contributed by atoms with van der Waals surface area (Å²) in [6.45, 7) is 3.89. The van der Waals surface area contributed by atoms with Gasteiger partial charge in [0.15, 0.2) is 0 Å². The average Bonchev–Trinajstić information content (AvgIpc) is 1.97. The number of thioether (sulfide) groups is 1. The van der Waals surface area contributed by atoms with Crippen LogP contribution in [0.5, 0.6) is 0 Å². The fourth-order valence-electron chi connectivity index (χ4n) is 0.630. The fraction of sp³-hybridized carbons (Fsp3) is 0.875. The standard InChI is InChI=1S/C8H16O2S/c1-3-5-11-6-4-7(2)8(9)10/h7H,3-6H2,1-2H3,(H,9,10). The molecule has 0 radical (unpaired) electrons. The molecule has 0 amide bonds. The maximum atomic E-state index is 10.4. The van der Waals surface area contributed by atoms with E-state index in [2.05, 4.69) is 6.92 Å². The Hall–Kier alpha value is -0.180. The molecular formula is C8H16O2S. The zero-order valence-electron chi connectivity index (χ0n) is 7.17. The topological polar surface area (TPSA) is 37.3 Å². The first-order valence-electron chi connectivity index (χ1n) is 3.99. The summed E-state index contributed by atoms with van der Waals surface area (Å²) in [6.07, 6.45) is 1.96. The van der Waals surface area contributed by atoms with Crippen molar-refractivity contribution in [3.05, 3.63) is 0 Å². The van der Waals surface area contributed by atoms with Crippen LogP contribution in [-0.2, 0) is 4.79 Å². The van der Waals surface area contributed by atoms with Crippen molar-refractivity contribution in [3.63, 3.8) is 0 Å². The molecule has 0 aliphatic rings. The van der Waals surface area contributed by atoms with Crippen LogP contribution < -0.4 is 0 Å². The van der Waals surface area contributed by atoms with E-state index in [1.54, 1.807) is 6.92 Å². The number of carboxylic acids is 1. The van der Waals surface area contributed by atoms with Crippen molar-refractivity contribution in [2.75, 3.05) is 11.5 Å². The predicted octanol–water partition coefficient (Wildman–Crippen LogP) is 2.24. The Morgan fingerprint density at radius 1 is 1.55 bits per heavy atom. The molecule has 0 aliphatic heterocycles. The first-order valence-corrected chi connectivity index (χ1v) is 5.14. The highest BCUT2D eigenvalue weighted by Crippen LogP contribution is 2.10. The summed E-state index contributed by atoms with van der Waals surface area (Å²) in [5.41, 5.74) is 0.